The van der Waals surface area contributed by atoms with E-state index < -0.39 is 51.4 Å². The molecule has 0 radical (unpaired) electrons. The smallest absolute Gasteiger partial charge is 0.443 e. The average molecular weight is 607 g/mol. The molecular formula is C28H35N2O11P. The van der Waals surface area contributed by atoms with Gasteiger partial charge in [0.05, 0.1) is 23.8 Å². The van der Waals surface area contributed by atoms with Crippen molar-refractivity contribution in [2.24, 2.45) is 0 Å². The summed E-state index contributed by atoms with van der Waals surface area (Å²) in [6.45, 7) is 5.14. The lowest BCUT2D eigenvalue weighted by molar-refractivity contribution is -0.0298. The van der Waals surface area contributed by atoms with E-state index in [0.717, 1.165) is 6.42 Å². The van der Waals surface area contributed by atoms with Crippen LogP contribution in [0.3, 0.4) is 0 Å². The van der Waals surface area contributed by atoms with Crippen LogP contribution in [0.15, 0.2) is 64.0 Å². The zero-order valence-electron chi connectivity index (χ0n) is 23.9. The van der Waals surface area contributed by atoms with Crippen LogP contribution in [0.2, 0.25) is 0 Å². The van der Waals surface area contributed by atoms with Crippen molar-refractivity contribution in [2.45, 2.75) is 59.3 Å². The number of carbonyl (C=O) groups is 2. The van der Waals surface area contributed by atoms with Crippen molar-refractivity contribution < 1.29 is 46.6 Å². The van der Waals surface area contributed by atoms with E-state index in [4.69, 9.17) is 32.4 Å². The predicted octanol–water partition coefficient (Wildman–Crippen LogP) is 5.60. The van der Waals surface area contributed by atoms with E-state index in [9.17, 15) is 18.9 Å². The first kappa shape index (κ1) is 32.6. The number of aryl methyl sites for hydroxylation is 2. The SMILES string of the molecule is CC(C)OC(=O)OCOP(=O)(C/C=C/Cn1cc2cc(CCc3ccccc3)oc2nc1=O)OCOC(=O)OC(C)C. The number of allylic oxidation sites excluding steroid dienone is 2. The molecule has 3 rings (SSSR count). The Kier molecular flexibility index (Phi) is 12.3. The van der Waals surface area contributed by atoms with Crippen LogP contribution in [0.25, 0.3) is 11.1 Å². The van der Waals surface area contributed by atoms with Crippen LogP contribution in [0.4, 0.5) is 9.59 Å². The molecule has 0 N–H and O–H groups in total. The van der Waals surface area contributed by atoms with Crippen LogP contribution >= 0.6 is 7.60 Å². The van der Waals surface area contributed by atoms with Crippen molar-refractivity contribution in [1.82, 2.24) is 9.55 Å². The molecule has 2 aromatic heterocycles. The lowest BCUT2D eigenvalue weighted by Crippen LogP contribution is -2.21. The van der Waals surface area contributed by atoms with Crippen LogP contribution in [0.5, 0.6) is 0 Å². The van der Waals surface area contributed by atoms with Gasteiger partial charge in [0.1, 0.15) is 5.76 Å². The summed E-state index contributed by atoms with van der Waals surface area (Å²) in [5.74, 6) is 0.711. The van der Waals surface area contributed by atoms with Crippen LogP contribution in [0.1, 0.15) is 39.0 Å². The van der Waals surface area contributed by atoms with Gasteiger partial charge < -0.3 is 23.4 Å². The summed E-state index contributed by atoms with van der Waals surface area (Å²) in [5, 5.41) is 0.666. The zero-order valence-corrected chi connectivity index (χ0v) is 24.8. The Morgan fingerprint density at radius 1 is 0.952 bits per heavy atom. The van der Waals surface area contributed by atoms with E-state index in [1.54, 1.807) is 40.0 Å². The predicted molar refractivity (Wildman–Crippen MR) is 151 cm³/mol. The second-order valence-corrected chi connectivity index (χ2v) is 11.6. The highest BCUT2D eigenvalue weighted by atomic mass is 31.2. The largest absolute Gasteiger partial charge is 0.510 e. The van der Waals surface area contributed by atoms with E-state index in [2.05, 4.69) is 4.98 Å². The monoisotopic (exact) mass is 606 g/mol. The molecule has 0 saturated heterocycles. The first-order valence-electron chi connectivity index (χ1n) is 13.3. The van der Waals surface area contributed by atoms with Gasteiger partial charge in [0, 0.05) is 19.2 Å². The quantitative estimate of drug-likeness (QED) is 0.0916. The number of carbonyl (C=O) groups excluding carboxylic acids is 2. The van der Waals surface area contributed by atoms with Crippen LogP contribution in [-0.2, 0) is 51.9 Å². The van der Waals surface area contributed by atoms with E-state index in [-0.39, 0.29) is 18.4 Å². The van der Waals surface area contributed by atoms with Crippen LogP contribution < -0.4 is 5.69 Å². The number of furan rings is 1. The van der Waals surface area contributed by atoms with Gasteiger partial charge in [-0.1, -0.05) is 42.5 Å². The van der Waals surface area contributed by atoms with Gasteiger partial charge in [-0.05, 0) is 45.7 Å². The number of benzene rings is 1. The van der Waals surface area contributed by atoms with Gasteiger partial charge in [-0.25, -0.2) is 14.4 Å². The maximum Gasteiger partial charge on any atom is 0.510 e. The van der Waals surface area contributed by atoms with Crippen molar-refractivity contribution in [3.8, 4) is 0 Å². The number of fused-ring (bicyclic) bond motifs is 1. The molecule has 0 aliphatic carbocycles. The van der Waals surface area contributed by atoms with Gasteiger partial charge in [0.15, 0.2) is 0 Å². The van der Waals surface area contributed by atoms with Crippen LogP contribution in [0, 0.1) is 0 Å². The molecule has 2 heterocycles. The Hall–Kier alpha value is -3.93. The van der Waals surface area contributed by atoms with Crippen LogP contribution in [-0.4, -0.2) is 53.8 Å². The fourth-order valence-electron chi connectivity index (χ4n) is 3.46. The third-order valence-electron chi connectivity index (χ3n) is 5.35. The van der Waals surface area contributed by atoms with E-state index in [0.29, 0.717) is 17.6 Å². The van der Waals surface area contributed by atoms with Gasteiger partial charge in [0.2, 0.25) is 19.3 Å². The molecule has 1 aromatic carbocycles. The molecule has 0 aliphatic heterocycles. The summed E-state index contributed by atoms with van der Waals surface area (Å²) in [5.41, 5.74) is 0.896. The molecular weight excluding hydrogens is 571 g/mol. The molecule has 0 atom stereocenters. The Bertz CT molecular complexity index is 1420. The molecule has 0 spiro atoms. The highest BCUT2D eigenvalue weighted by Crippen LogP contribution is 2.48. The molecule has 0 unspecified atom stereocenters. The highest BCUT2D eigenvalue weighted by molar-refractivity contribution is 7.54. The van der Waals surface area contributed by atoms with E-state index in [1.807, 2.05) is 36.4 Å². The number of nitrogens with zero attached hydrogens (tertiary/aromatic N) is 2. The molecule has 42 heavy (non-hydrogen) atoms. The number of rotatable bonds is 15. The standard InChI is InChI=1S/C28H35N2O11P/c1-20(2)39-27(32)35-18-37-42(34,38-19-36-28(33)40-21(3)4)15-9-8-14-30-17-23-16-24(41-25(23)29-26(30)31)13-12-22-10-6-5-7-11-22/h5-11,16-17,20-21H,12-15,18-19H2,1-4H3/b9-8+. The molecule has 0 bridgehead atoms. The summed E-state index contributed by atoms with van der Waals surface area (Å²) >= 11 is 0. The summed E-state index contributed by atoms with van der Waals surface area (Å²) < 4.78 is 49.8. The third kappa shape index (κ3) is 11.2. The lowest BCUT2D eigenvalue weighted by atomic mass is 10.1. The Labute approximate surface area is 242 Å². The molecule has 14 heteroatoms. The molecule has 0 fully saturated rings. The first-order valence-corrected chi connectivity index (χ1v) is 15.0. The average Bonchev–Trinajstić information content (AvgIpc) is 3.31. The normalized spacial score (nSPS) is 11.9. The molecule has 0 saturated carbocycles. The summed E-state index contributed by atoms with van der Waals surface area (Å²) in [6.07, 6.45) is 2.89. The van der Waals surface area contributed by atoms with Crippen molar-refractivity contribution >= 4 is 31.0 Å². The van der Waals surface area contributed by atoms with Crippen molar-refractivity contribution in [3.05, 3.63) is 76.6 Å². The number of ether oxygens (including phenoxy) is 4. The number of hydrogen-bond donors (Lipinski definition) is 0. The van der Waals surface area contributed by atoms with E-state index in [1.165, 1.54) is 16.2 Å². The Morgan fingerprint density at radius 3 is 2.17 bits per heavy atom. The Morgan fingerprint density at radius 2 is 1.57 bits per heavy atom. The maximum atomic E-state index is 13.2. The number of hydrogen-bond acceptors (Lipinski definition) is 12. The zero-order chi connectivity index (χ0) is 30.5. The second-order valence-electron chi connectivity index (χ2n) is 9.52. The summed E-state index contributed by atoms with van der Waals surface area (Å²) in [7, 11) is -3.97. The summed E-state index contributed by atoms with van der Waals surface area (Å²) in [6, 6.07) is 11.8. The van der Waals surface area contributed by atoms with Gasteiger partial charge in [-0.15, -0.1) is 0 Å². The third-order valence-corrected chi connectivity index (χ3v) is 7.00. The molecule has 228 valence electrons. The molecule has 3 aromatic rings. The fourth-order valence-corrected chi connectivity index (χ4v) is 4.58. The number of aromatic nitrogens is 2. The van der Waals surface area contributed by atoms with Crippen molar-refractivity contribution in [3.63, 3.8) is 0 Å². The first-order chi connectivity index (χ1) is 20.0. The Balaban J connectivity index is 1.60. The second kappa shape index (κ2) is 15.9. The maximum absolute atomic E-state index is 13.2. The summed E-state index contributed by atoms with van der Waals surface area (Å²) in [4.78, 5) is 39.7. The van der Waals surface area contributed by atoms with Gasteiger partial charge in [-0.3, -0.25) is 18.2 Å². The minimum absolute atomic E-state index is 0.0979. The molecule has 0 amide bonds. The van der Waals surface area contributed by atoms with Gasteiger partial charge >= 0.3 is 25.6 Å². The highest BCUT2D eigenvalue weighted by Gasteiger charge is 2.25. The fraction of sp³-hybridized carbons (Fsp3) is 0.429. The molecule has 0 aliphatic rings. The van der Waals surface area contributed by atoms with Gasteiger partial charge in [0.25, 0.3) is 0 Å². The van der Waals surface area contributed by atoms with Crippen molar-refractivity contribution in [2.75, 3.05) is 19.7 Å². The topological polar surface area (TPSA) is 155 Å². The minimum atomic E-state index is -3.97. The van der Waals surface area contributed by atoms with Crippen molar-refractivity contribution in [1.29, 1.82) is 0 Å². The molecule has 13 nitrogen and oxygen atoms in total. The lowest BCUT2D eigenvalue weighted by Gasteiger charge is -2.17. The minimum Gasteiger partial charge on any atom is -0.443 e. The van der Waals surface area contributed by atoms with Gasteiger partial charge in [-0.2, -0.15) is 4.98 Å². The van der Waals surface area contributed by atoms with E-state index >= 15 is 0 Å².